The van der Waals surface area contributed by atoms with Crippen molar-refractivity contribution in [3.05, 3.63) is 77.7 Å². The molecule has 0 aromatic heterocycles. The van der Waals surface area contributed by atoms with Crippen LogP contribution in [-0.4, -0.2) is 38.0 Å². The predicted octanol–water partition coefficient (Wildman–Crippen LogP) is 3.54. The van der Waals surface area contributed by atoms with E-state index in [0.717, 1.165) is 17.3 Å². The predicted molar refractivity (Wildman–Crippen MR) is 112 cm³/mol. The Bertz CT molecular complexity index is 1060. The summed E-state index contributed by atoms with van der Waals surface area (Å²) in [5.41, 5.74) is 0.765. The van der Waals surface area contributed by atoms with Gasteiger partial charge < -0.3 is 4.74 Å². The van der Waals surface area contributed by atoms with Crippen LogP contribution in [-0.2, 0) is 14.8 Å². The number of amides is 1. The maximum Gasteiger partial charge on any atom is 0.284 e. The summed E-state index contributed by atoms with van der Waals surface area (Å²) in [7, 11) is -2.37. The Labute approximate surface area is 168 Å². The van der Waals surface area contributed by atoms with E-state index in [9.17, 15) is 13.2 Å². The second-order valence-electron chi connectivity index (χ2n) is 5.75. The molecule has 1 heterocycles. The smallest absolute Gasteiger partial charge is 0.284 e. The topological polar surface area (TPSA) is 76.0 Å². The van der Waals surface area contributed by atoms with Crippen molar-refractivity contribution in [3.8, 4) is 5.75 Å². The van der Waals surface area contributed by atoms with Crippen LogP contribution in [0.4, 0.5) is 0 Å². The van der Waals surface area contributed by atoms with Gasteiger partial charge in [0.15, 0.2) is 5.17 Å². The highest BCUT2D eigenvalue weighted by Crippen LogP contribution is 2.34. The van der Waals surface area contributed by atoms with Crippen LogP contribution in [0.3, 0.4) is 0 Å². The summed E-state index contributed by atoms with van der Waals surface area (Å²) in [6.45, 7) is 3.79. The molecular formula is C20H18N2O4S2. The quantitative estimate of drug-likeness (QED) is 0.534. The first-order valence-electron chi connectivity index (χ1n) is 8.31. The molecule has 1 fully saturated rings. The number of nitrogens with zero attached hydrogens (tertiary/aromatic N) is 2. The van der Waals surface area contributed by atoms with Crippen molar-refractivity contribution in [2.75, 3.05) is 13.7 Å². The van der Waals surface area contributed by atoms with Gasteiger partial charge in [-0.25, -0.2) is 0 Å². The minimum absolute atomic E-state index is 0.0688. The summed E-state index contributed by atoms with van der Waals surface area (Å²) in [4.78, 5) is 14.5. The van der Waals surface area contributed by atoms with E-state index >= 15 is 0 Å². The Morgan fingerprint density at radius 1 is 1.18 bits per heavy atom. The van der Waals surface area contributed by atoms with E-state index in [1.165, 1.54) is 23.1 Å². The van der Waals surface area contributed by atoms with E-state index < -0.39 is 10.0 Å². The normalized spacial score (nSPS) is 17.3. The fourth-order valence-electron chi connectivity index (χ4n) is 2.50. The highest BCUT2D eigenvalue weighted by molar-refractivity contribution is 8.19. The van der Waals surface area contributed by atoms with Crippen LogP contribution in [0.1, 0.15) is 5.56 Å². The van der Waals surface area contributed by atoms with Crippen molar-refractivity contribution in [1.29, 1.82) is 0 Å². The van der Waals surface area contributed by atoms with Gasteiger partial charge in [-0.3, -0.25) is 9.69 Å². The molecule has 0 atom stereocenters. The van der Waals surface area contributed by atoms with Crippen molar-refractivity contribution < 1.29 is 17.9 Å². The molecule has 0 N–H and O–H groups in total. The van der Waals surface area contributed by atoms with Gasteiger partial charge in [-0.15, -0.1) is 11.0 Å². The second-order valence-corrected chi connectivity index (χ2v) is 8.37. The minimum Gasteiger partial charge on any atom is -0.497 e. The number of hydrogen-bond acceptors (Lipinski definition) is 5. The first-order valence-corrected chi connectivity index (χ1v) is 10.6. The Kier molecular flexibility index (Phi) is 6.01. The largest absolute Gasteiger partial charge is 0.497 e. The molecule has 3 rings (SSSR count). The van der Waals surface area contributed by atoms with Gasteiger partial charge in [-0.05, 0) is 47.7 Å². The number of amidine groups is 1. The first-order chi connectivity index (χ1) is 13.4. The maximum absolute atomic E-state index is 12.8. The van der Waals surface area contributed by atoms with Crippen LogP contribution in [0, 0.1) is 0 Å². The maximum atomic E-state index is 12.8. The molecule has 1 aliphatic heterocycles. The van der Waals surface area contributed by atoms with Crippen LogP contribution < -0.4 is 4.74 Å². The molecule has 0 radical (unpaired) electrons. The third kappa shape index (κ3) is 4.35. The Balaban J connectivity index is 1.99. The molecule has 1 aliphatic rings. The summed E-state index contributed by atoms with van der Waals surface area (Å²) in [5.74, 6) is 0.336. The minimum atomic E-state index is -3.93. The molecule has 8 heteroatoms. The molecule has 0 unspecified atom stereocenters. The molecule has 0 saturated carbocycles. The zero-order valence-corrected chi connectivity index (χ0v) is 16.7. The number of methoxy groups -OCH3 is 1. The zero-order valence-electron chi connectivity index (χ0n) is 15.1. The molecule has 28 heavy (non-hydrogen) atoms. The summed E-state index contributed by atoms with van der Waals surface area (Å²) in [5, 5.41) is 0.0999. The Hall–Kier alpha value is -2.84. The van der Waals surface area contributed by atoms with Crippen LogP contribution in [0.5, 0.6) is 5.75 Å². The molecule has 1 saturated heterocycles. The number of carbonyl (C=O) groups excluding carboxylic acids is 1. The van der Waals surface area contributed by atoms with Gasteiger partial charge in [0, 0.05) is 6.54 Å². The molecule has 2 aromatic rings. The van der Waals surface area contributed by atoms with E-state index in [-0.39, 0.29) is 22.5 Å². The van der Waals surface area contributed by atoms with Crippen molar-refractivity contribution in [1.82, 2.24) is 4.90 Å². The number of rotatable bonds is 6. The van der Waals surface area contributed by atoms with Crippen molar-refractivity contribution >= 4 is 38.9 Å². The van der Waals surface area contributed by atoms with Gasteiger partial charge in [0.05, 0.1) is 16.9 Å². The molecule has 0 bridgehead atoms. The van der Waals surface area contributed by atoms with E-state index in [1.807, 2.05) is 12.1 Å². The summed E-state index contributed by atoms with van der Waals surface area (Å²) >= 11 is 1.02. The fraction of sp³-hybridized carbons (Fsp3) is 0.100. The lowest BCUT2D eigenvalue weighted by Crippen LogP contribution is -2.29. The zero-order chi connectivity index (χ0) is 20.1. The summed E-state index contributed by atoms with van der Waals surface area (Å²) in [6.07, 6.45) is 3.21. The molecule has 0 aliphatic carbocycles. The van der Waals surface area contributed by atoms with E-state index in [4.69, 9.17) is 4.74 Å². The van der Waals surface area contributed by atoms with Gasteiger partial charge in [-0.1, -0.05) is 36.4 Å². The average Bonchev–Trinajstić information content (AvgIpc) is 2.97. The van der Waals surface area contributed by atoms with Gasteiger partial charge in [0.25, 0.3) is 15.9 Å². The van der Waals surface area contributed by atoms with Crippen molar-refractivity contribution in [2.45, 2.75) is 4.90 Å². The molecule has 2 aromatic carbocycles. The molecule has 144 valence electrons. The van der Waals surface area contributed by atoms with Crippen LogP contribution in [0.2, 0.25) is 0 Å². The van der Waals surface area contributed by atoms with Gasteiger partial charge in [0.1, 0.15) is 5.75 Å². The fourth-order valence-corrected chi connectivity index (χ4v) is 4.71. The molecule has 0 spiro atoms. The van der Waals surface area contributed by atoms with E-state index in [1.54, 1.807) is 43.5 Å². The SMILES string of the molecule is C=CCN1C(=O)/C(=C/c2cccc(OC)c2)S/C1=N\S(=O)(=O)c1ccccc1. The number of ether oxygens (including phenoxy) is 1. The third-order valence-electron chi connectivity index (χ3n) is 3.83. The van der Waals surface area contributed by atoms with Crippen LogP contribution in [0.15, 0.2) is 81.5 Å². The molecule has 6 nitrogen and oxygen atoms in total. The second kappa shape index (κ2) is 8.45. The van der Waals surface area contributed by atoms with Crippen LogP contribution in [0.25, 0.3) is 6.08 Å². The van der Waals surface area contributed by atoms with Gasteiger partial charge in [-0.2, -0.15) is 8.42 Å². The highest BCUT2D eigenvalue weighted by Gasteiger charge is 2.34. The number of carbonyl (C=O) groups is 1. The molecule has 1 amide bonds. The lowest BCUT2D eigenvalue weighted by Gasteiger charge is -2.12. The Morgan fingerprint density at radius 2 is 1.93 bits per heavy atom. The van der Waals surface area contributed by atoms with Gasteiger partial charge in [0.2, 0.25) is 0 Å². The standard InChI is InChI=1S/C20H18N2O4S2/c1-3-12-22-19(23)18(14-15-8-7-9-16(13-15)26-2)27-20(22)21-28(24,25)17-10-5-4-6-11-17/h3-11,13-14H,1,12H2,2H3/b18-14-,21-20-. The lowest BCUT2D eigenvalue weighted by atomic mass is 10.2. The van der Waals surface area contributed by atoms with Crippen molar-refractivity contribution in [3.63, 3.8) is 0 Å². The monoisotopic (exact) mass is 414 g/mol. The first kappa shape index (κ1) is 19.9. The number of benzene rings is 2. The lowest BCUT2D eigenvalue weighted by molar-refractivity contribution is -0.121. The number of hydrogen-bond donors (Lipinski definition) is 0. The Morgan fingerprint density at radius 3 is 2.61 bits per heavy atom. The van der Waals surface area contributed by atoms with E-state index in [2.05, 4.69) is 11.0 Å². The summed E-state index contributed by atoms with van der Waals surface area (Å²) < 4.78 is 34.3. The van der Waals surface area contributed by atoms with Crippen LogP contribution >= 0.6 is 11.8 Å². The number of thioether (sulfide) groups is 1. The highest BCUT2D eigenvalue weighted by atomic mass is 32.2. The van der Waals surface area contributed by atoms with Gasteiger partial charge >= 0.3 is 0 Å². The molecular weight excluding hydrogens is 396 g/mol. The van der Waals surface area contributed by atoms with Crippen molar-refractivity contribution in [2.24, 2.45) is 4.40 Å². The number of sulfonamides is 1. The van der Waals surface area contributed by atoms with E-state index in [0.29, 0.717) is 10.7 Å². The average molecular weight is 415 g/mol. The third-order valence-corrected chi connectivity index (χ3v) is 6.23. The summed E-state index contributed by atoms with van der Waals surface area (Å²) in [6, 6.07) is 15.1.